The number of nitrogens with zero attached hydrogens (tertiary/aromatic N) is 2. The molecule has 156 valence electrons. The van der Waals surface area contributed by atoms with Crippen molar-refractivity contribution >= 4 is 29.6 Å². The first-order valence-corrected chi connectivity index (χ1v) is 9.55. The van der Waals surface area contributed by atoms with Gasteiger partial charge in [-0.25, -0.2) is 9.69 Å². The van der Waals surface area contributed by atoms with E-state index in [0.29, 0.717) is 5.69 Å². The van der Waals surface area contributed by atoms with Crippen molar-refractivity contribution in [3.05, 3.63) is 84.3 Å². The zero-order valence-corrected chi connectivity index (χ0v) is 16.7. The molecule has 1 saturated heterocycles. The second kappa shape index (κ2) is 8.58. The van der Waals surface area contributed by atoms with E-state index in [1.165, 1.54) is 0 Å². The minimum absolute atomic E-state index is 0.116. The second-order valence-electron chi connectivity index (χ2n) is 6.84. The molecule has 31 heavy (non-hydrogen) atoms. The Morgan fingerprint density at radius 3 is 2.52 bits per heavy atom. The molecule has 0 spiro atoms. The first-order valence-electron chi connectivity index (χ1n) is 9.55. The molecule has 2 N–H and O–H groups in total. The van der Waals surface area contributed by atoms with E-state index in [1.54, 1.807) is 37.5 Å². The predicted molar refractivity (Wildman–Crippen MR) is 116 cm³/mol. The van der Waals surface area contributed by atoms with Crippen molar-refractivity contribution in [2.45, 2.75) is 0 Å². The number of amides is 4. The van der Waals surface area contributed by atoms with Crippen molar-refractivity contribution in [2.75, 3.05) is 19.0 Å². The van der Waals surface area contributed by atoms with Crippen molar-refractivity contribution in [3.63, 3.8) is 0 Å². The number of hydrogen-bond acceptors (Lipinski definition) is 4. The first kappa shape index (κ1) is 20.0. The van der Waals surface area contributed by atoms with Crippen molar-refractivity contribution in [3.8, 4) is 11.4 Å². The normalized spacial score (nSPS) is 14.6. The average molecular weight is 416 g/mol. The van der Waals surface area contributed by atoms with Crippen LogP contribution in [0.15, 0.2) is 78.8 Å². The van der Waals surface area contributed by atoms with Crippen LogP contribution in [-0.2, 0) is 9.59 Å². The summed E-state index contributed by atoms with van der Waals surface area (Å²) in [4.78, 5) is 37.9. The molecule has 1 aliphatic rings. The molecule has 0 unspecified atom stereocenters. The van der Waals surface area contributed by atoms with E-state index in [2.05, 4.69) is 10.6 Å². The number of hydrogen-bond donors (Lipinski definition) is 2. The van der Waals surface area contributed by atoms with Gasteiger partial charge in [-0.1, -0.05) is 18.2 Å². The summed E-state index contributed by atoms with van der Waals surface area (Å²) in [7, 11) is 1.61. The molecule has 0 aliphatic carbocycles. The minimum Gasteiger partial charge on any atom is -0.497 e. The zero-order chi connectivity index (χ0) is 21.8. The number of para-hydroxylation sites is 1. The van der Waals surface area contributed by atoms with Gasteiger partial charge < -0.3 is 19.9 Å². The summed E-state index contributed by atoms with van der Waals surface area (Å²) in [6, 6.07) is 17.5. The fourth-order valence-electron chi connectivity index (χ4n) is 3.16. The van der Waals surface area contributed by atoms with Crippen LogP contribution in [0.2, 0.25) is 0 Å². The molecule has 4 amide bonds. The lowest BCUT2D eigenvalue weighted by Gasteiger charge is -2.11. The van der Waals surface area contributed by atoms with Crippen LogP contribution in [0.3, 0.4) is 0 Å². The largest absolute Gasteiger partial charge is 0.497 e. The Kier molecular flexibility index (Phi) is 5.53. The summed E-state index contributed by atoms with van der Waals surface area (Å²) < 4.78 is 7.05. The molecule has 1 aromatic heterocycles. The van der Waals surface area contributed by atoms with Crippen molar-refractivity contribution in [1.82, 2.24) is 14.8 Å². The van der Waals surface area contributed by atoms with E-state index in [4.69, 9.17) is 4.74 Å². The Bertz CT molecular complexity index is 1150. The topological polar surface area (TPSA) is 92.7 Å². The average Bonchev–Trinajstić information content (AvgIpc) is 3.35. The number of urea groups is 1. The third-order valence-electron chi connectivity index (χ3n) is 4.72. The third kappa shape index (κ3) is 4.48. The molecule has 8 heteroatoms. The van der Waals surface area contributed by atoms with E-state index in [-0.39, 0.29) is 12.2 Å². The number of anilines is 1. The van der Waals surface area contributed by atoms with Crippen LogP contribution in [-0.4, -0.2) is 41.0 Å². The maximum Gasteiger partial charge on any atom is 0.329 e. The Morgan fingerprint density at radius 2 is 1.81 bits per heavy atom. The predicted octanol–water partition coefficient (Wildman–Crippen LogP) is 3.02. The number of rotatable bonds is 6. The Labute approximate surface area is 178 Å². The Morgan fingerprint density at radius 1 is 1.06 bits per heavy atom. The standard InChI is InChI=1S/C23H20N4O4/c1-31-19-9-7-18(8-10-19)26-12-11-16(14-26)13-20-22(29)27(23(30)25-20)15-21(28)24-17-5-3-2-4-6-17/h2-14H,15H2,1H3,(H,24,28)(H,25,30)/b20-13+. The van der Waals surface area contributed by atoms with Gasteiger partial charge in [-0.2, -0.15) is 0 Å². The molecule has 8 nitrogen and oxygen atoms in total. The minimum atomic E-state index is -0.631. The molecule has 1 aliphatic heterocycles. The fourth-order valence-corrected chi connectivity index (χ4v) is 3.16. The highest BCUT2D eigenvalue weighted by Gasteiger charge is 2.34. The molecule has 4 rings (SSSR count). The quantitative estimate of drug-likeness (QED) is 0.477. The highest BCUT2D eigenvalue weighted by Crippen LogP contribution is 2.19. The number of imide groups is 1. The smallest absolute Gasteiger partial charge is 0.329 e. The van der Waals surface area contributed by atoms with Crippen LogP contribution >= 0.6 is 0 Å². The van der Waals surface area contributed by atoms with Gasteiger partial charge in [0.05, 0.1) is 7.11 Å². The van der Waals surface area contributed by atoms with E-state index in [0.717, 1.165) is 21.9 Å². The summed E-state index contributed by atoms with van der Waals surface area (Å²) in [5.41, 5.74) is 2.36. The fraction of sp³-hybridized carbons (Fsp3) is 0.0870. The van der Waals surface area contributed by atoms with E-state index < -0.39 is 17.8 Å². The molecule has 2 aromatic carbocycles. The Balaban J connectivity index is 1.44. The molecule has 0 atom stereocenters. The third-order valence-corrected chi connectivity index (χ3v) is 4.72. The van der Waals surface area contributed by atoms with Gasteiger partial charge in [-0.15, -0.1) is 0 Å². The van der Waals surface area contributed by atoms with Crippen LogP contribution < -0.4 is 15.4 Å². The molecule has 0 saturated carbocycles. The molecule has 0 radical (unpaired) electrons. The van der Waals surface area contributed by atoms with Gasteiger partial charge in [-0.3, -0.25) is 9.59 Å². The lowest BCUT2D eigenvalue weighted by molar-refractivity contribution is -0.127. The summed E-state index contributed by atoms with van der Waals surface area (Å²) in [5.74, 6) is -0.249. The van der Waals surface area contributed by atoms with Gasteiger partial charge in [0.1, 0.15) is 18.0 Å². The number of methoxy groups -OCH3 is 1. The van der Waals surface area contributed by atoms with Gasteiger partial charge in [0.2, 0.25) is 5.91 Å². The van der Waals surface area contributed by atoms with Crippen LogP contribution in [0.4, 0.5) is 10.5 Å². The van der Waals surface area contributed by atoms with Crippen molar-refractivity contribution in [1.29, 1.82) is 0 Å². The number of nitrogens with one attached hydrogen (secondary N) is 2. The first-order chi connectivity index (χ1) is 15.0. The molecule has 1 fully saturated rings. The van der Waals surface area contributed by atoms with Crippen LogP contribution in [0.1, 0.15) is 5.56 Å². The number of aromatic nitrogens is 1. The SMILES string of the molecule is COc1ccc(-n2ccc(/C=C3/NC(=O)N(CC(=O)Nc4ccccc4)C3=O)c2)cc1. The Hall–Kier alpha value is -4.33. The second-order valence-corrected chi connectivity index (χ2v) is 6.84. The van der Waals surface area contributed by atoms with Crippen LogP contribution in [0.5, 0.6) is 5.75 Å². The number of benzene rings is 2. The molecular weight excluding hydrogens is 396 g/mol. The van der Waals surface area contributed by atoms with E-state index in [1.807, 2.05) is 53.4 Å². The maximum atomic E-state index is 12.6. The monoisotopic (exact) mass is 416 g/mol. The highest BCUT2D eigenvalue weighted by molar-refractivity contribution is 6.15. The highest BCUT2D eigenvalue weighted by atomic mass is 16.5. The van der Waals surface area contributed by atoms with Crippen molar-refractivity contribution < 1.29 is 19.1 Å². The van der Waals surface area contributed by atoms with E-state index >= 15 is 0 Å². The van der Waals surface area contributed by atoms with Gasteiger partial charge in [0.15, 0.2) is 0 Å². The van der Waals surface area contributed by atoms with Gasteiger partial charge in [0, 0.05) is 23.8 Å². The molecule has 2 heterocycles. The molecule has 0 bridgehead atoms. The number of carbonyl (C=O) groups is 3. The van der Waals surface area contributed by atoms with Crippen LogP contribution in [0, 0.1) is 0 Å². The summed E-state index contributed by atoms with van der Waals surface area (Å²) in [6.45, 7) is -0.371. The summed E-state index contributed by atoms with van der Waals surface area (Å²) >= 11 is 0. The lowest BCUT2D eigenvalue weighted by Crippen LogP contribution is -2.38. The van der Waals surface area contributed by atoms with Crippen LogP contribution in [0.25, 0.3) is 11.8 Å². The lowest BCUT2D eigenvalue weighted by atomic mass is 10.2. The van der Waals surface area contributed by atoms with Gasteiger partial charge in [-0.05, 0) is 54.1 Å². The number of ether oxygens (including phenoxy) is 1. The van der Waals surface area contributed by atoms with Gasteiger partial charge in [0.25, 0.3) is 5.91 Å². The molecule has 3 aromatic rings. The van der Waals surface area contributed by atoms with E-state index in [9.17, 15) is 14.4 Å². The van der Waals surface area contributed by atoms with Gasteiger partial charge >= 0.3 is 6.03 Å². The number of carbonyl (C=O) groups excluding carboxylic acids is 3. The summed E-state index contributed by atoms with van der Waals surface area (Å²) in [5, 5.41) is 5.19. The zero-order valence-electron chi connectivity index (χ0n) is 16.7. The molecular formula is C23H20N4O4. The van der Waals surface area contributed by atoms with Crippen molar-refractivity contribution in [2.24, 2.45) is 0 Å². The maximum absolute atomic E-state index is 12.6. The summed E-state index contributed by atoms with van der Waals surface area (Å²) in [6.07, 6.45) is 5.26.